The van der Waals surface area contributed by atoms with Crippen LogP contribution in [0.5, 0.6) is 0 Å². The SMILES string of the molecule is C[C@@H]1CCCC[C@@H]1NC(=O)CCn1c(=O)sc2ccccc21. The molecule has 1 heterocycles. The summed E-state index contributed by atoms with van der Waals surface area (Å²) in [7, 11) is 0. The molecule has 0 saturated heterocycles. The highest BCUT2D eigenvalue weighted by molar-refractivity contribution is 7.16. The van der Waals surface area contributed by atoms with Gasteiger partial charge in [-0.3, -0.25) is 14.2 Å². The van der Waals surface area contributed by atoms with Crippen LogP contribution in [-0.2, 0) is 11.3 Å². The standard InChI is InChI=1S/C17H22N2O2S/c1-12-6-2-3-7-13(12)18-16(20)10-11-19-14-8-4-5-9-15(14)22-17(19)21/h4-5,8-9,12-13H,2-3,6-7,10-11H2,1H3,(H,18,20)/t12-,13+/m1/s1. The zero-order chi connectivity index (χ0) is 15.5. The Morgan fingerprint density at radius 1 is 1.32 bits per heavy atom. The first-order valence-electron chi connectivity index (χ1n) is 8.03. The molecule has 5 heteroatoms. The zero-order valence-corrected chi connectivity index (χ0v) is 13.7. The summed E-state index contributed by atoms with van der Waals surface area (Å²) in [6, 6.07) is 8.04. The molecule has 3 rings (SSSR count). The summed E-state index contributed by atoms with van der Waals surface area (Å²) in [5.74, 6) is 0.614. The van der Waals surface area contributed by atoms with Crippen molar-refractivity contribution in [3.05, 3.63) is 33.9 Å². The normalized spacial score (nSPS) is 21.9. The number of nitrogens with zero attached hydrogens (tertiary/aromatic N) is 1. The Hall–Kier alpha value is -1.62. The Balaban J connectivity index is 1.63. The number of para-hydroxylation sites is 1. The van der Waals surface area contributed by atoms with Gasteiger partial charge in [0.2, 0.25) is 5.91 Å². The number of thiazole rings is 1. The summed E-state index contributed by atoms with van der Waals surface area (Å²) in [5.41, 5.74) is 0.927. The van der Waals surface area contributed by atoms with E-state index in [4.69, 9.17) is 0 Å². The molecule has 1 amide bonds. The number of benzene rings is 1. The van der Waals surface area contributed by atoms with Gasteiger partial charge in [-0.05, 0) is 30.9 Å². The fraction of sp³-hybridized carbons (Fsp3) is 0.529. The molecule has 1 fully saturated rings. The lowest BCUT2D eigenvalue weighted by Crippen LogP contribution is -2.41. The molecule has 1 aromatic heterocycles. The van der Waals surface area contributed by atoms with Gasteiger partial charge >= 0.3 is 4.87 Å². The highest BCUT2D eigenvalue weighted by Crippen LogP contribution is 2.23. The molecule has 118 valence electrons. The first-order valence-corrected chi connectivity index (χ1v) is 8.84. The van der Waals surface area contributed by atoms with Crippen molar-refractivity contribution in [1.82, 2.24) is 9.88 Å². The molecule has 1 saturated carbocycles. The fourth-order valence-corrected chi connectivity index (χ4v) is 4.17. The third-order valence-corrected chi connectivity index (χ3v) is 5.55. The number of rotatable bonds is 4. The van der Waals surface area contributed by atoms with Crippen LogP contribution in [-0.4, -0.2) is 16.5 Å². The molecule has 0 unspecified atom stereocenters. The average molecular weight is 318 g/mol. The minimum absolute atomic E-state index is 0.0139. The number of aromatic nitrogens is 1. The number of nitrogens with one attached hydrogen (secondary N) is 1. The van der Waals surface area contributed by atoms with Crippen LogP contribution in [0, 0.1) is 5.92 Å². The van der Waals surface area contributed by atoms with E-state index in [1.165, 1.54) is 30.6 Å². The first kappa shape index (κ1) is 15.3. The molecule has 4 nitrogen and oxygen atoms in total. The van der Waals surface area contributed by atoms with Gasteiger partial charge in [0.05, 0.1) is 10.2 Å². The van der Waals surface area contributed by atoms with Gasteiger partial charge in [0.15, 0.2) is 0 Å². The molecule has 0 spiro atoms. The van der Waals surface area contributed by atoms with Crippen molar-refractivity contribution in [1.29, 1.82) is 0 Å². The largest absolute Gasteiger partial charge is 0.353 e. The summed E-state index contributed by atoms with van der Waals surface area (Å²) in [6.07, 6.45) is 5.10. The molecule has 2 aromatic rings. The molecule has 1 aromatic carbocycles. The number of carbonyl (C=O) groups excluding carboxylic acids is 1. The Morgan fingerprint density at radius 3 is 2.91 bits per heavy atom. The number of hydrogen-bond acceptors (Lipinski definition) is 3. The van der Waals surface area contributed by atoms with Gasteiger partial charge < -0.3 is 5.32 Å². The molecule has 22 heavy (non-hydrogen) atoms. The number of hydrogen-bond donors (Lipinski definition) is 1. The number of amides is 1. The molecule has 1 aliphatic rings. The Kier molecular flexibility index (Phi) is 4.62. The second-order valence-electron chi connectivity index (χ2n) is 6.17. The highest BCUT2D eigenvalue weighted by atomic mass is 32.1. The Morgan fingerprint density at radius 2 is 2.09 bits per heavy atom. The van der Waals surface area contributed by atoms with Crippen LogP contribution in [0.4, 0.5) is 0 Å². The Bertz CT molecular complexity index is 719. The van der Waals surface area contributed by atoms with Gasteiger partial charge in [0.1, 0.15) is 0 Å². The van der Waals surface area contributed by atoms with E-state index in [0.717, 1.165) is 16.6 Å². The van der Waals surface area contributed by atoms with Crippen molar-refractivity contribution >= 4 is 27.5 Å². The van der Waals surface area contributed by atoms with Crippen LogP contribution >= 0.6 is 11.3 Å². The van der Waals surface area contributed by atoms with Crippen LogP contribution in [0.25, 0.3) is 10.2 Å². The maximum absolute atomic E-state index is 12.2. The van der Waals surface area contributed by atoms with Crippen molar-refractivity contribution in [3.8, 4) is 0 Å². The predicted octanol–water partition coefficient (Wildman–Crippen LogP) is 3.15. The third kappa shape index (κ3) is 3.24. The molecular formula is C17H22N2O2S. The smallest absolute Gasteiger partial charge is 0.308 e. The van der Waals surface area contributed by atoms with Gasteiger partial charge in [-0.2, -0.15) is 0 Å². The van der Waals surface area contributed by atoms with E-state index in [2.05, 4.69) is 12.2 Å². The summed E-state index contributed by atoms with van der Waals surface area (Å²) in [4.78, 5) is 24.2. The van der Waals surface area contributed by atoms with Crippen molar-refractivity contribution in [3.63, 3.8) is 0 Å². The molecule has 1 aliphatic carbocycles. The van der Waals surface area contributed by atoms with Crippen molar-refractivity contribution in [2.45, 2.75) is 51.6 Å². The van der Waals surface area contributed by atoms with E-state index in [9.17, 15) is 9.59 Å². The van der Waals surface area contributed by atoms with Crippen LogP contribution in [0.1, 0.15) is 39.0 Å². The van der Waals surface area contributed by atoms with E-state index in [0.29, 0.717) is 24.9 Å². The molecule has 1 N–H and O–H groups in total. The predicted molar refractivity (Wildman–Crippen MR) is 90.3 cm³/mol. The van der Waals surface area contributed by atoms with Gasteiger partial charge in [0, 0.05) is 19.0 Å². The maximum atomic E-state index is 12.2. The van der Waals surface area contributed by atoms with Crippen LogP contribution in [0.3, 0.4) is 0 Å². The van der Waals surface area contributed by atoms with Gasteiger partial charge in [-0.1, -0.05) is 43.2 Å². The zero-order valence-electron chi connectivity index (χ0n) is 12.9. The minimum Gasteiger partial charge on any atom is -0.353 e. The second kappa shape index (κ2) is 6.65. The topological polar surface area (TPSA) is 51.1 Å². The summed E-state index contributed by atoms with van der Waals surface area (Å²) in [5, 5.41) is 3.15. The molecular weight excluding hydrogens is 296 g/mol. The van der Waals surface area contributed by atoms with Gasteiger partial charge in [-0.25, -0.2) is 0 Å². The fourth-order valence-electron chi connectivity index (χ4n) is 3.25. The number of carbonyl (C=O) groups is 1. The Labute approximate surface area is 134 Å². The third-order valence-electron chi connectivity index (χ3n) is 4.59. The van der Waals surface area contributed by atoms with Gasteiger partial charge in [-0.15, -0.1) is 0 Å². The molecule has 2 atom stereocenters. The monoisotopic (exact) mass is 318 g/mol. The van der Waals surface area contributed by atoms with Gasteiger partial charge in [0.25, 0.3) is 0 Å². The highest BCUT2D eigenvalue weighted by Gasteiger charge is 2.22. The molecule has 0 radical (unpaired) electrons. The lowest BCUT2D eigenvalue weighted by Gasteiger charge is -2.29. The van der Waals surface area contributed by atoms with Crippen LogP contribution in [0.15, 0.2) is 29.1 Å². The lowest BCUT2D eigenvalue weighted by atomic mass is 9.86. The first-order chi connectivity index (χ1) is 10.6. The number of fused-ring (bicyclic) bond motifs is 1. The summed E-state index contributed by atoms with van der Waals surface area (Å²) < 4.78 is 2.69. The van der Waals surface area contributed by atoms with Crippen molar-refractivity contribution in [2.24, 2.45) is 5.92 Å². The van der Waals surface area contributed by atoms with Crippen molar-refractivity contribution in [2.75, 3.05) is 0 Å². The van der Waals surface area contributed by atoms with Crippen LogP contribution in [0.2, 0.25) is 0 Å². The lowest BCUT2D eigenvalue weighted by molar-refractivity contribution is -0.122. The van der Waals surface area contributed by atoms with Crippen molar-refractivity contribution < 1.29 is 4.79 Å². The van der Waals surface area contributed by atoms with Crippen LogP contribution < -0.4 is 10.2 Å². The average Bonchev–Trinajstić information content (AvgIpc) is 2.83. The van der Waals surface area contributed by atoms with E-state index in [-0.39, 0.29) is 10.8 Å². The second-order valence-corrected chi connectivity index (χ2v) is 7.17. The van der Waals surface area contributed by atoms with E-state index < -0.39 is 0 Å². The van der Waals surface area contributed by atoms with E-state index in [1.807, 2.05) is 24.3 Å². The molecule has 0 aliphatic heterocycles. The van der Waals surface area contributed by atoms with E-state index in [1.54, 1.807) is 4.57 Å². The quantitative estimate of drug-likeness (QED) is 0.941. The summed E-state index contributed by atoms with van der Waals surface area (Å²) in [6.45, 7) is 2.66. The molecule has 0 bridgehead atoms. The number of aryl methyl sites for hydroxylation is 1. The van der Waals surface area contributed by atoms with E-state index >= 15 is 0 Å². The summed E-state index contributed by atoms with van der Waals surface area (Å²) >= 11 is 1.24. The maximum Gasteiger partial charge on any atom is 0.308 e. The minimum atomic E-state index is 0.0139.